The normalized spacial score (nSPS) is 11.9. The Kier molecular flexibility index (Phi) is 5.40. The van der Waals surface area contributed by atoms with Crippen LogP contribution in [0.15, 0.2) is 41.8 Å². The molecule has 106 valence electrons. The summed E-state index contributed by atoms with van der Waals surface area (Å²) < 4.78 is 5.30. The van der Waals surface area contributed by atoms with Gasteiger partial charge >= 0.3 is 0 Å². The molecular weight excluding hydrogens is 298 g/mol. The number of ether oxygens (including phenoxy) is 1. The van der Waals surface area contributed by atoms with E-state index in [4.69, 9.17) is 16.3 Å². The number of aliphatic hydroxyl groups is 1. The molecule has 0 fully saturated rings. The zero-order chi connectivity index (χ0) is 14.4. The third-order valence-electron chi connectivity index (χ3n) is 2.55. The van der Waals surface area contributed by atoms with Crippen molar-refractivity contribution in [3.8, 4) is 5.75 Å². The maximum Gasteiger partial charge on any atom is 0.258 e. The maximum absolute atomic E-state index is 11.6. The first-order valence-corrected chi connectivity index (χ1v) is 7.27. The zero-order valence-corrected chi connectivity index (χ0v) is 12.2. The van der Waals surface area contributed by atoms with Gasteiger partial charge in [-0.25, -0.2) is 0 Å². The summed E-state index contributed by atoms with van der Waals surface area (Å²) in [6, 6.07) is 10.4. The van der Waals surface area contributed by atoms with Crippen molar-refractivity contribution in [3.05, 3.63) is 51.7 Å². The van der Waals surface area contributed by atoms with Gasteiger partial charge in [0.15, 0.2) is 6.61 Å². The van der Waals surface area contributed by atoms with Gasteiger partial charge in [0, 0.05) is 16.4 Å². The Morgan fingerprint density at radius 1 is 1.35 bits per heavy atom. The molecule has 0 saturated carbocycles. The van der Waals surface area contributed by atoms with Gasteiger partial charge < -0.3 is 15.2 Å². The lowest BCUT2D eigenvalue weighted by atomic mass is 10.3. The summed E-state index contributed by atoms with van der Waals surface area (Å²) in [6.07, 6.45) is -0.686. The molecule has 0 saturated heterocycles. The van der Waals surface area contributed by atoms with Crippen molar-refractivity contribution in [1.82, 2.24) is 5.32 Å². The minimum absolute atomic E-state index is 0.0984. The van der Waals surface area contributed by atoms with Crippen LogP contribution < -0.4 is 10.1 Å². The number of aliphatic hydroxyl groups excluding tert-OH is 1. The lowest BCUT2D eigenvalue weighted by molar-refractivity contribution is -0.123. The van der Waals surface area contributed by atoms with E-state index in [1.807, 2.05) is 17.5 Å². The third kappa shape index (κ3) is 4.52. The molecule has 0 bridgehead atoms. The van der Waals surface area contributed by atoms with Gasteiger partial charge in [-0.3, -0.25) is 4.79 Å². The number of benzene rings is 1. The van der Waals surface area contributed by atoms with E-state index < -0.39 is 6.10 Å². The number of carbonyl (C=O) groups excluding carboxylic acids is 1. The molecule has 2 N–H and O–H groups in total. The van der Waals surface area contributed by atoms with Gasteiger partial charge in [-0.05, 0) is 35.7 Å². The molecule has 2 aromatic rings. The number of carbonyl (C=O) groups is 1. The summed E-state index contributed by atoms with van der Waals surface area (Å²) in [5, 5.41) is 14.9. The first-order chi connectivity index (χ1) is 9.65. The van der Waals surface area contributed by atoms with Crippen LogP contribution in [0.3, 0.4) is 0 Å². The summed E-state index contributed by atoms with van der Waals surface area (Å²) >= 11 is 7.20. The lowest BCUT2D eigenvalue weighted by Crippen LogP contribution is -2.32. The summed E-state index contributed by atoms with van der Waals surface area (Å²) in [7, 11) is 0. The molecule has 0 spiro atoms. The molecule has 1 atom stereocenters. The lowest BCUT2D eigenvalue weighted by Gasteiger charge is -2.11. The molecular formula is C14H14ClNO3S. The van der Waals surface area contributed by atoms with Crippen molar-refractivity contribution < 1.29 is 14.6 Å². The molecule has 6 heteroatoms. The third-order valence-corrected chi connectivity index (χ3v) is 3.77. The number of hydrogen-bond acceptors (Lipinski definition) is 4. The molecule has 0 aliphatic heterocycles. The standard InChI is InChI=1S/C14H14ClNO3S/c15-10-3-5-11(6-4-10)19-9-14(18)16-8-12(17)13-2-1-7-20-13/h1-7,12,17H,8-9H2,(H,16,18)/t12-/m1/s1. The number of rotatable bonds is 6. The van der Waals surface area contributed by atoms with Crippen molar-refractivity contribution in [2.45, 2.75) is 6.10 Å². The monoisotopic (exact) mass is 311 g/mol. The average Bonchev–Trinajstić information content (AvgIpc) is 2.98. The van der Waals surface area contributed by atoms with Crippen LogP contribution in [0.5, 0.6) is 5.75 Å². The second-order valence-electron chi connectivity index (χ2n) is 4.08. The predicted molar refractivity (Wildman–Crippen MR) is 79.2 cm³/mol. The highest BCUT2D eigenvalue weighted by molar-refractivity contribution is 7.10. The van der Waals surface area contributed by atoms with Crippen LogP contribution in [0.1, 0.15) is 11.0 Å². The summed E-state index contributed by atoms with van der Waals surface area (Å²) in [5.41, 5.74) is 0. The fourth-order valence-electron chi connectivity index (χ4n) is 1.52. The van der Waals surface area contributed by atoms with Crippen LogP contribution in [-0.2, 0) is 4.79 Å². The second kappa shape index (κ2) is 7.28. The van der Waals surface area contributed by atoms with E-state index in [2.05, 4.69) is 5.32 Å². The molecule has 0 aliphatic carbocycles. The second-order valence-corrected chi connectivity index (χ2v) is 5.49. The molecule has 1 aromatic carbocycles. The van der Waals surface area contributed by atoms with Crippen molar-refractivity contribution >= 4 is 28.8 Å². The predicted octanol–water partition coefficient (Wildman–Crippen LogP) is 2.63. The van der Waals surface area contributed by atoms with Crippen LogP contribution in [0, 0.1) is 0 Å². The molecule has 0 aliphatic rings. The molecule has 2 rings (SSSR count). The Bertz CT molecular complexity index is 542. The zero-order valence-electron chi connectivity index (χ0n) is 10.6. The Morgan fingerprint density at radius 3 is 2.75 bits per heavy atom. The Morgan fingerprint density at radius 2 is 2.10 bits per heavy atom. The molecule has 0 radical (unpaired) electrons. The number of nitrogens with one attached hydrogen (secondary N) is 1. The van der Waals surface area contributed by atoms with Crippen molar-refractivity contribution in [3.63, 3.8) is 0 Å². The molecule has 1 aromatic heterocycles. The fraction of sp³-hybridized carbons (Fsp3) is 0.214. The van der Waals surface area contributed by atoms with Gasteiger partial charge in [-0.1, -0.05) is 17.7 Å². The van der Waals surface area contributed by atoms with Crippen LogP contribution in [0.2, 0.25) is 5.02 Å². The SMILES string of the molecule is O=C(COc1ccc(Cl)cc1)NC[C@@H](O)c1cccs1. The summed E-state index contributed by atoms with van der Waals surface area (Å²) in [5.74, 6) is 0.291. The van der Waals surface area contributed by atoms with Gasteiger partial charge in [0.1, 0.15) is 11.9 Å². The number of thiophene rings is 1. The van der Waals surface area contributed by atoms with Gasteiger partial charge in [-0.2, -0.15) is 0 Å². The maximum atomic E-state index is 11.6. The summed E-state index contributed by atoms with van der Waals surface area (Å²) in [4.78, 5) is 12.4. The topological polar surface area (TPSA) is 58.6 Å². The van der Waals surface area contributed by atoms with E-state index in [1.54, 1.807) is 24.3 Å². The van der Waals surface area contributed by atoms with Crippen molar-refractivity contribution in [2.75, 3.05) is 13.2 Å². The van der Waals surface area contributed by atoms with Crippen LogP contribution >= 0.6 is 22.9 Å². The Hall–Kier alpha value is -1.56. The molecule has 1 amide bonds. The van der Waals surface area contributed by atoms with E-state index in [0.29, 0.717) is 10.8 Å². The fourth-order valence-corrected chi connectivity index (χ4v) is 2.36. The Labute approximate surface area is 126 Å². The molecule has 4 nitrogen and oxygen atoms in total. The molecule has 20 heavy (non-hydrogen) atoms. The minimum atomic E-state index is -0.686. The van der Waals surface area contributed by atoms with E-state index in [0.717, 1.165) is 4.88 Å². The molecule has 1 heterocycles. The van der Waals surface area contributed by atoms with Gasteiger partial charge in [-0.15, -0.1) is 11.3 Å². The van der Waals surface area contributed by atoms with Crippen LogP contribution in [-0.4, -0.2) is 24.2 Å². The minimum Gasteiger partial charge on any atom is -0.484 e. The van der Waals surface area contributed by atoms with Gasteiger partial charge in [0.2, 0.25) is 0 Å². The van der Waals surface area contributed by atoms with Crippen LogP contribution in [0.25, 0.3) is 0 Å². The highest BCUT2D eigenvalue weighted by atomic mass is 35.5. The quantitative estimate of drug-likeness (QED) is 0.862. The van der Waals surface area contributed by atoms with E-state index in [1.165, 1.54) is 11.3 Å². The highest BCUT2D eigenvalue weighted by Crippen LogP contribution is 2.18. The van der Waals surface area contributed by atoms with Crippen molar-refractivity contribution in [1.29, 1.82) is 0 Å². The van der Waals surface area contributed by atoms with Crippen LogP contribution in [0.4, 0.5) is 0 Å². The van der Waals surface area contributed by atoms with Crippen molar-refractivity contribution in [2.24, 2.45) is 0 Å². The van der Waals surface area contributed by atoms with Gasteiger partial charge in [0.05, 0.1) is 0 Å². The first kappa shape index (κ1) is 14.8. The van der Waals surface area contributed by atoms with E-state index >= 15 is 0 Å². The smallest absolute Gasteiger partial charge is 0.258 e. The Balaban J connectivity index is 1.71. The summed E-state index contributed by atoms with van der Waals surface area (Å²) in [6.45, 7) is 0.0715. The number of hydrogen-bond donors (Lipinski definition) is 2. The van der Waals surface area contributed by atoms with Gasteiger partial charge in [0.25, 0.3) is 5.91 Å². The average molecular weight is 312 g/mol. The van der Waals surface area contributed by atoms with E-state index in [9.17, 15) is 9.90 Å². The first-order valence-electron chi connectivity index (χ1n) is 6.01. The highest BCUT2D eigenvalue weighted by Gasteiger charge is 2.10. The largest absolute Gasteiger partial charge is 0.484 e. The van der Waals surface area contributed by atoms with E-state index in [-0.39, 0.29) is 19.1 Å². The number of halogens is 1. The number of amides is 1. The molecule has 0 unspecified atom stereocenters.